The Labute approximate surface area is 135 Å². The highest BCUT2D eigenvalue weighted by Crippen LogP contribution is 2.36. The Morgan fingerprint density at radius 1 is 1.13 bits per heavy atom. The first kappa shape index (κ1) is 17.2. The Hall–Kier alpha value is -2.17. The predicted molar refractivity (Wildman–Crippen MR) is 89.4 cm³/mol. The van der Waals surface area contributed by atoms with Crippen LogP contribution in [0.25, 0.3) is 11.1 Å². The Bertz CT molecular complexity index is 810. The largest absolute Gasteiger partial charge is 0.505 e. The van der Waals surface area contributed by atoms with Gasteiger partial charge in [-0.1, -0.05) is 26.8 Å². The third-order valence-corrected chi connectivity index (χ3v) is 4.27. The minimum atomic E-state index is -0.416. The van der Waals surface area contributed by atoms with Gasteiger partial charge < -0.3 is 5.11 Å². The van der Waals surface area contributed by atoms with Gasteiger partial charge in [0, 0.05) is 12.6 Å². The van der Waals surface area contributed by atoms with Gasteiger partial charge in [-0.15, -0.1) is 0 Å². The molecule has 124 valence electrons. The van der Waals surface area contributed by atoms with Crippen LogP contribution in [0.3, 0.4) is 0 Å². The number of hydrogen-bond acceptors (Lipinski definition) is 3. The van der Waals surface area contributed by atoms with Gasteiger partial charge in [-0.05, 0) is 42.9 Å². The number of aromatic nitrogens is 2. The summed E-state index contributed by atoms with van der Waals surface area (Å²) in [4.78, 5) is 12.6. The first-order valence-corrected chi connectivity index (χ1v) is 7.97. The number of nitrogens with zero attached hydrogens (tertiary/aromatic N) is 2. The Balaban J connectivity index is 3.00. The van der Waals surface area contributed by atoms with Gasteiger partial charge in [0.15, 0.2) is 5.75 Å². The lowest BCUT2D eigenvalue weighted by Gasteiger charge is -2.18. The van der Waals surface area contributed by atoms with Crippen LogP contribution in [0.4, 0.5) is 4.39 Å². The molecule has 1 N–H and O–H groups in total. The highest BCUT2D eigenvalue weighted by atomic mass is 19.1. The summed E-state index contributed by atoms with van der Waals surface area (Å²) in [6, 6.07) is 1.80. The van der Waals surface area contributed by atoms with E-state index in [9.17, 15) is 14.3 Å². The first-order valence-electron chi connectivity index (χ1n) is 7.97. The number of hydrogen-bond donors (Lipinski definition) is 1. The lowest BCUT2D eigenvalue weighted by Crippen LogP contribution is -2.23. The van der Waals surface area contributed by atoms with E-state index in [1.165, 1.54) is 11.7 Å². The lowest BCUT2D eigenvalue weighted by atomic mass is 9.88. The summed E-state index contributed by atoms with van der Waals surface area (Å²) in [5, 5.41) is 14.4. The van der Waals surface area contributed by atoms with Crippen molar-refractivity contribution >= 4 is 0 Å². The maximum Gasteiger partial charge on any atom is 0.278 e. The van der Waals surface area contributed by atoms with Crippen LogP contribution < -0.4 is 5.56 Å². The van der Waals surface area contributed by atoms with E-state index in [1.54, 1.807) is 13.0 Å². The fourth-order valence-corrected chi connectivity index (χ4v) is 3.01. The molecular formula is C18H23FN2O2. The highest BCUT2D eigenvalue weighted by molar-refractivity contribution is 5.76. The average molecular weight is 318 g/mol. The fraction of sp³-hybridized carbons (Fsp3) is 0.444. The molecule has 0 unspecified atom stereocenters. The van der Waals surface area contributed by atoms with Gasteiger partial charge in [0.1, 0.15) is 11.5 Å². The smallest absolute Gasteiger partial charge is 0.278 e. The molecule has 1 heterocycles. The minimum Gasteiger partial charge on any atom is -0.505 e. The second kappa shape index (κ2) is 6.52. The van der Waals surface area contributed by atoms with E-state index in [4.69, 9.17) is 0 Å². The van der Waals surface area contributed by atoms with Gasteiger partial charge in [-0.3, -0.25) is 4.79 Å². The molecule has 0 aliphatic rings. The van der Waals surface area contributed by atoms with E-state index in [0.29, 0.717) is 41.6 Å². The summed E-state index contributed by atoms with van der Waals surface area (Å²) >= 11 is 0. The fourth-order valence-electron chi connectivity index (χ4n) is 3.01. The van der Waals surface area contributed by atoms with Crippen LogP contribution in [0.15, 0.2) is 10.9 Å². The standard InChI is InChI=1S/C18H23FN2O2/c1-6-11-9-12(7-2)16(19)13(8-3)14(11)15-17(22)10(4)20-21(5)18(15)23/h9,22H,6-8H2,1-5H3. The van der Waals surface area contributed by atoms with E-state index in [0.717, 1.165) is 5.56 Å². The first-order chi connectivity index (χ1) is 10.9. The highest BCUT2D eigenvalue weighted by Gasteiger charge is 2.23. The van der Waals surface area contributed by atoms with Gasteiger partial charge in [-0.25, -0.2) is 9.07 Å². The molecule has 0 saturated carbocycles. The molecule has 0 bridgehead atoms. The van der Waals surface area contributed by atoms with E-state index < -0.39 is 5.56 Å². The van der Waals surface area contributed by atoms with E-state index >= 15 is 0 Å². The second-order valence-electron chi connectivity index (χ2n) is 5.66. The maximum absolute atomic E-state index is 14.8. The normalized spacial score (nSPS) is 11.0. The van der Waals surface area contributed by atoms with Crippen molar-refractivity contribution < 1.29 is 9.50 Å². The molecule has 2 aromatic rings. The van der Waals surface area contributed by atoms with Crippen molar-refractivity contribution in [3.8, 4) is 16.9 Å². The molecular weight excluding hydrogens is 295 g/mol. The van der Waals surface area contributed by atoms with Crippen molar-refractivity contribution in [2.45, 2.75) is 47.0 Å². The number of benzene rings is 1. The summed E-state index contributed by atoms with van der Waals surface area (Å²) in [5.74, 6) is -0.445. The van der Waals surface area contributed by atoms with Crippen molar-refractivity contribution in [1.29, 1.82) is 0 Å². The molecule has 0 aliphatic heterocycles. The minimum absolute atomic E-state index is 0.148. The van der Waals surface area contributed by atoms with Crippen LogP contribution in [0.2, 0.25) is 0 Å². The van der Waals surface area contributed by atoms with Crippen LogP contribution in [0.5, 0.6) is 5.75 Å². The van der Waals surface area contributed by atoms with Crippen LogP contribution >= 0.6 is 0 Å². The molecule has 1 aromatic carbocycles. The summed E-state index contributed by atoms with van der Waals surface area (Å²) in [5.41, 5.74) is 2.61. The zero-order chi connectivity index (χ0) is 17.3. The number of aromatic hydroxyl groups is 1. The van der Waals surface area contributed by atoms with Gasteiger partial charge in [-0.2, -0.15) is 5.10 Å². The van der Waals surface area contributed by atoms with E-state index in [1.807, 2.05) is 20.8 Å². The Morgan fingerprint density at radius 3 is 2.26 bits per heavy atom. The van der Waals surface area contributed by atoms with Crippen LogP contribution in [-0.2, 0) is 26.3 Å². The van der Waals surface area contributed by atoms with Gasteiger partial charge in [0.25, 0.3) is 5.56 Å². The van der Waals surface area contributed by atoms with Crippen LogP contribution in [0, 0.1) is 12.7 Å². The van der Waals surface area contributed by atoms with E-state index in [-0.39, 0.29) is 17.1 Å². The molecule has 0 radical (unpaired) electrons. The zero-order valence-corrected chi connectivity index (χ0v) is 14.3. The monoisotopic (exact) mass is 318 g/mol. The maximum atomic E-state index is 14.8. The van der Waals surface area contributed by atoms with Gasteiger partial charge in [0.2, 0.25) is 0 Å². The van der Waals surface area contributed by atoms with Crippen molar-refractivity contribution in [1.82, 2.24) is 9.78 Å². The molecule has 0 spiro atoms. The molecule has 23 heavy (non-hydrogen) atoms. The van der Waals surface area contributed by atoms with Crippen molar-refractivity contribution in [3.05, 3.63) is 44.6 Å². The molecule has 0 fully saturated rings. The lowest BCUT2D eigenvalue weighted by molar-refractivity contribution is 0.460. The third kappa shape index (κ3) is 2.76. The zero-order valence-electron chi connectivity index (χ0n) is 14.3. The van der Waals surface area contributed by atoms with Crippen molar-refractivity contribution in [2.75, 3.05) is 0 Å². The quantitative estimate of drug-likeness (QED) is 0.941. The summed E-state index contributed by atoms with van der Waals surface area (Å²) in [6.45, 7) is 7.36. The average Bonchev–Trinajstić information content (AvgIpc) is 2.53. The summed E-state index contributed by atoms with van der Waals surface area (Å²) < 4.78 is 16.0. The molecule has 0 amide bonds. The summed E-state index contributed by atoms with van der Waals surface area (Å²) in [7, 11) is 1.53. The molecule has 2 rings (SSSR count). The second-order valence-corrected chi connectivity index (χ2v) is 5.66. The molecule has 0 aliphatic carbocycles. The Morgan fingerprint density at radius 2 is 1.74 bits per heavy atom. The third-order valence-electron chi connectivity index (χ3n) is 4.27. The number of rotatable bonds is 4. The van der Waals surface area contributed by atoms with E-state index in [2.05, 4.69) is 5.10 Å². The molecule has 0 saturated heterocycles. The molecule has 4 nitrogen and oxygen atoms in total. The number of halogens is 1. The van der Waals surface area contributed by atoms with Gasteiger partial charge >= 0.3 is 0 Å². The van der Waals surface area contributed by atoms with Crippen molar-refractivity contribution in [2.24, 2.45) is 7.05 Å². The topological polar surface area (TPSA) is 55.1 Å². The Kier molecular flexibility index (Phi) is 4.88. The molecule has 0 atom stereocenters. The molecule has 1 aromatic heterocycles. The van der Waals surface area contributed by atoms with Crippen molar-refractivity contribution in [3.63, 3.8) is 0 Å². The van der Waals surface area contributed by atoms with Gasteiger partial charge in [0.05, 0.1) is 5.56 Å². The molecule has 5 heteroatoms. The van der Waals surface area contributed by atoms with Crippen LogP contribution in [0.1, 0.15) is 43.2 Å². The predicted octanol–water partition coefficient (Wildman–Crippen LogP) is 3.29. The SMILES string of the molecule is CCc1cc(CC)c(-c2c(O)c(C)nn(C)c2=O)c(CC)c1F. The number of aryl methyl sites for hydroxylation is 4. The van der Waals surface area contributed by atoms with Crippen LogP contribution in [-0.4, -0.2) is 14.9 Å². The summed E-state index contributed by atoms with van der Waals surface area (Å²) in [6.07, 6.45) is 1.69.